The van der Waals surface area contributed by atoms with E-state index in [4.69, 9.17) is 0 Å². The largest absolute Gasteiger partial charge is 0.416 e. The molecular formula is C23H22F6N2O2. The lowest BCUT2D eigenvalue weighted by Gasteiger charge is -2.19. The van der Waals surface area contributed by atoms with Gasteiger partial charge in [0.1, 0.15) is 0 Å². The molecule has 1 atom stereocenters. The number of rotatable bonds is 5. The molecule has 2 aromatic rings. The van der Waals surface area contributed by atoms with Crippen molar-refractivity contribution in [2.24, 2.45) is 5.92 Å². The van der Waals surface area contributed by atoms with Crippen molar-refractivity contribution in [2.75, 3.05) is 11.9 Å². The Labute approximate surface area is 186 Å². The van der Waals surface area contributed by atoms with E-state index in [2.05, 4.69) is 5.32 Å². The van der Waals surface area contributed by atoms with Gasteiger partial charge in [0, 0.05) is 25.2 Å². The maximum absolute atomic E-state index is 13.1. The SMILES string of the molecule is CC(C)c1ccc(NC(=O)C2CC(=O)N(Cc3cc(C(F)(F)F)cc(C(F)(F)F)c3)C2)cc1. The van der Waals surface area contributed by atoms with Gasteiger partial charge >= 0.3 is 12.4 Å². The molecule has 4 nitrogen and oxygen atoms in total. The molecule has 33 heavy (non-hydrogen) atoms. The molecule has 0 radical (unpaired) electrons. The Bertz CT molecular complexity index is 996. The summed E-state index contributed by atoms with van der Waals surface area (Å²) >= 11 is 0. The van der Waals surface area contributed by atoms with Crippen molar-refractivity contribution in [2.45, 2.75) is 45.1 Å². The predicted molar refractivity (Wildman–Crippen MR) is 109 cm³/mol. The summed E-state index contributed by atoms with van der Waals surface area (Å²) in [6, 6.07) is 8.39. The molecule has 1 unspecified atom stereocenters. The topological polar surface area (TPSA) is 49.4 Å². The van der Waals surface area contributed by atoms with E-state index in [0.29, 0.717) is 23.7 Å². The monoisotopic (exact) mass is 472 g/mol. The highest BCUT2D eigenvalue weighted by Gasteiger charge is 2.38. The summed E-state index contributed by atoms with van der Waals surface area (Å²) in [5, 5.41) is 2.70. The third kappa shape index (κ3) is 6.06. The zero-order valence-electron chi connectivity index (χ0n) is 17.8. The molecule has 1 heterocycles. The molecule has 0 bridgehead atoms. The van der Waals surface area contributed by atoms with Crippen LogP contribution in [0.25, 0.3) is 0 Å². The fourth-order valence-corrected chi connectivity index (χ4v) is 3.63. The molecule has 0 saturated carbocycles. The summed E-state index contributed by atoms with van der Waals surface area (Å²) in [7, 11) is 0. The van der Waals surface area contributed by atoms with Crippen molar-refractivity contribution in [3.63, 3.8) is 0 Å². The van der Waals surface area contributed by atoms with Crippen molar-refractivity contribution in [1.29, 1.82) is 0 Å². The number of nitrogens with one attached hydrogen (secondary N) is 1. The zero-order chi connectivity index (χ0) is 24.6. The van der Waals surface area contributed by atoms with Gasteiger partial charge in [-0.2, -0.15) is 26.3 Å². The van der Waals surface area contributed by atoms with E-state index in [9.17, 15) is 35.9 Å². The Morgan fingerprint density at radius 3 is 2.03 bits per heavy atom. The van der Waals surface area contributed by atoms with Crippen LogP contribution in [0.4, 0.5) is 32.0 Å². The van der Waals surface area contributed by atoms with Crippen LogP contribution in [-0.4, -0.2) is 23.3 Å². The molecule has 1 fully saturated rings. The fraction of sp³-hybridized carbons (Fsp3) is 0.391. The minimum atomic E-state index is -4.97. The average molecular weight is 472 g/mol. The molecule has 10 heteroatoms. The van der Waals surface area contributed by atoms with E-state index in [1.165, 1.54) is 0 Å². The number of halogens is 6. The van der Waals surface area contributed by atoms with E-state index in [1.54, 1.807) is 12.1 Å². The van der Waals surface area contributed by atoms with Gasteiger partial charge in [-0.05, 0) is 47.4 Å². The van der Waals surface area contributed by atoms with Gasteiger partial charge in [0.25, 0.3) is 0 Å². The minimum absolute atomic E-state index is 0.0378. The van der Waals surface area contributed by atoms with Crippen LogP contribution in [0.3, 0.4) is 0 Å². The summed E-state index contributed by atoms with van der Waals surface area (Å²) in [6.07, 6.45) is -10.1. The van der Waals surface area contributed by atoms with Crippen molar-refractivity contribution in [3.05, 3.63) is 64.7 Å². The molecule has 1 aliphatic rings. The third-order valence-corrected chi connectivity index (χ3v) is 5.45. The normalized spacial score (nSPS) is 17.1. The first-order valence-corrected chi connectivity index (χ1v) is 10.2. The van der Waals surface area contributed by atoms with Gasteiger partial charge in [-0.15, -0.1) is 0 Å². The molecule has 1 N–H and O–H groups in total. The number of carbonyl (C=O) groups excluding carboxylic acids is 2. The molecule has 0 aromatic heterocycles. The summed E-state index contributed by atoms with van der Waals surface area (Å²) in [4.78, 5) is 26.0. The second kappa shape index (κ2) is 9.07. The number of alkyl halides is 6. The third-order valence-electron chi connectivity index (χ3n) is 5.45. The number of likely N-dealkylation sites (tertiary alicyclic amines) is 1. The maximum atomic E-state index is 13.1. The van der Waals surface area contributed by atoms with Crippen molar-refractivity contribution in [3.8, 4) is 0 Å². The van der Waals surface area contributed by atoms with Crippen LogP contribution in [0.1, 0.15) is 48.4 Å². The standard InChI is InChI=1S/C23H22F6N2O2/c1-13(2)15-3-5-19(6-4-15)30-21(33)16-9-20(32)31(12-16)11-14-7-17(22(24,25)26)10-18(8-14)23(27,28)29/h3-8,10,13,16H,9,11-12H2,1-2H3,(H,30,33). The highest BCUT2D eigenvalue weighted by atomic mass is 19.4. The number of anilines is 1. The van der Waals surface area contributed by atoms with Crippen LogP contribution in [0.2, 0.25) is 0 Å². The minimum Gasteiger partial charge on any atom is -0.338 e. The number of hydrogen-bond donors (Lipinski definition) is 1. The highest BCUT2D eigenvalue weighted by molar-refractivity contribution is 5.97. The predicted octanol–water partition coefficient (Wildman–Crippen LogP) is 5.83. The number of benzene rings is 2. The van der Waals surface area contributed by atoms with Crippen LogP contribution < -0.4 is 5.32 Å². The molecule has 3 rings (SSSR count). The molecule has 0 spiro atoms. The molecule has 1 saturated heterocycles. The quantitative estimate of drug-likeness (QED) is 0.557. The summed E-state index contributed by atoms with van der Waals surface area (Å²) < 4.78 is 78.4. The van der Waals surface area contributed by atoms with Crippen LogP contribution in [0, 0.1) is 5.92 Å². The molecule has 1 aliphatic heterocycles. The first kappa shape index (κ1) is 24.6. The van der Waals surface area contributed by atoms with Gasteiger partial charge in [0.2, 0.25) is 11.8 Å². The zero-order valence-corrected chi connectivity index (χ0v) is 17.8. The summed E-state index contributed by atoms with van der Waals surface area (Å²) in [5.41, 5.74) is -1.59. The summed E-state index contributed by atoms with van der Waals surface area (Å²) in [6.45, 7) is 3.48. The van der Waals surface area contributed by atoms with Gasteiger partial charge in [-0.25, -0.2) is 0 Å². The highest BCUT2D eigenvalue weighted by Crippen LogP contribution is 2.37. The Morgan fingerprint density at radius 1 is 1.00 bits per heavy atom. The van der Waals surface area contributed by atoms with Crippen molar-refractivity contribution >= 4 is 17.5 Å². The number of hydrogen-bond acceptors (Lipinski definition) is 2. The van der Waals surface area contributed by atoms with Gasteiger partial charge in [0.15, 0.2) is 0 Å². The van der Waals surface area contributed by atoms with E-state index in [-0.39, 0.29) is 24.6 Å². The second-order valence-corrected chi connectivity index (χ2v) is 8.36. The smallest absolute Gasteiger partial charge is 0.338 e. The molecule has 0 aliphatic carbocycles. The van der Waals surface area contributed by atoms with E-state index in [1.807, 2.05) is 26.0 Å². The van der Waals surface area contributed by atoms with Crippen molar-refractivity contribution in [1.82, 2.24) is 4.90 Å². The molecular weight excluding hydrogens is 450 g/mol. The molecule has 178 valence electrons. The van der Waals surface area contributed by atoms with Crippen LogP contribution in [-0.2, 0) is 28.5 Å². The lowest BCUT2D eigenvalue weighted by Crippen LogP contribution is -2.28. The van der Waals surface area contributed by atoms with Gasteiger partial charge in [-0.1, -0.05) is 26.0 Å². The van der Waals surface area contributed by atoms with Crippen LogP contribution >= 0.6 is 0 Å². The Kier molecular flexibility index (Phi) is 6.76. The second-order valence-electron chi connectivity index (χ2n) is 8.36. The van der Waals surface area contributed by atoms with Gasteiger partial charge < -0.3 is 10.2 Å². The van der Waals surface area contributed by atoms with E-state index < -0.39 is 47.8 Å². The maximum Gasteiger partial charge on any atom is 0.416 e. The first-order chi connectivity index (χ1) is 15.2. The van der Waals surface area contributed by atoms with E-state index >= 15 is 0 Å². The Morgan fingerprint density at radius 2 is 1.55 bits per heavy atom. The van der Waals surface area contributed by atoms with Gasteiger partial charge in [0.05, 0.1) is 17.0 Å². The molecule has 2 aromatic carbocycles. The van der Waals surface area contributed by atoms with Gasteiger partial charge in [-0.3, -0.25) is 9.59 Å². The lowest BCUT2D eigenvalue weighted by atomic mass is 10.0. The lowest BCUT2D eigenvalue weighted by molar-refractivity contribution is -0.143. The first-order valence-electron chi connectivity index (χ1n) is 10.2. The van der Waals surface area contributed by atoms with Crippen molar-refractivity contribution < 1.29 is 35.9 Å². The van der Waals surface area contributed by atoms with E-state index in [0.717, 1.165) is 10.5 Å². The summed E-state index contributed by atoms with van der Waals surface area (Å²) in [5.74, 6) is -1.42. The number of nitrogens with zero attached hydrogens (tertiary/aromatic N) is 1. The Hall–Kier alpha value is -3.04. The van der Waals surface area contributed by atoms with Crippen LogP contribution in [0.15, 0.2) is 42.5 Å². The molecule has 2 amide bonds. The number of amides is 2. The van der Waals surface area contributed by atoms with Crippen LogP contribution in [0.5, 0.6) is 0 Å². The fourth-order valence-electron chi connectivity index (χ4n) is 3.63. The average Bonchev–Trinajstić information content (AvgIpc) is 3.07. The number of carbonyl (C=O) groups is 2. The Balaban J connectivity index is 1.72.